The van der Waals surface area contributed by atoms with Gasteiger partial charge in [0.25, 0.3) is 0 Å². The molecular formula is C17H24ClN3. The van der Waals surface area contributed by atoms with Gasteiger partial charge >= 0.3 is 0 Å². The average molecular weight is 306 g/mol. The highest BCUT2D eigenvalue weighted by Crippen LogP contribution is 2.22. The van der Waals surface area contributed by atoms with E-state index in [1.54, 1.807) is 6.07 Å². The third-order valence-corrected chi connectivity index (χ3v) is 4.59. The fourth-order valence-electron chi connectivity index (χ4n) is 2.82. The third-order valence-electron chi connectivity index (χ3n) is 4.24. The molecule has 1 aliphatic heterocycles. The molecule has 0 spiro atoms. The molecule has 4 heteroatoms. The predicted molar refractivity (Wildman–Crippen MR) is 87.3 cm³/mol. The van der Waals surface area contributed by atoms with Gasteiger partial charge in [-0.15, -0.1) is 0 Å². The van der Waals surface area contributed by atoms with Crippen LogP contribution in [0, 0.1) is 17.2 Å². The summed E-state index contributed by atoms with van der Waals surface area (Å²) in [5, 5.41) is 13.0. The zero-order valence-electron chi connectivity index (χ0n) is 12.9. The number of piperidine rings is 1. The lowest BCUT2D eigenvalue weighted by Crippen LogP contribution is -2.39. The number of hydrogen-bond donors (Lipinski definition) is 1. The van der Waals surface area contributed by atoms with Crippen LogP contribution in [0.4, 0.5) is 0 Å². The van der Waals surface area contributed by atoms with E-state index in [9.17, 15) is 0 Å². The van der Waals surface area contributed by atoms with E-state index >= 15 is 0 Å². The summed E-state index contributed by atoms with van der Waals surface area (Å²) in [4.78, 5) is 2.49. The molecule has 1 saturated heterocycles. The Kier molecular flexibility index (Phi) is 6.05. The van der Waals surface area contributed by atoms with Crippen LogP contribution in [0.2, 0.25) is 5.02 Å². The highest BCUT2D eigenvalue weighted by atomic mass is 35.5. The van der Waals surface area contributed by atoms with Crippen molar-refractivity contribution in [3.8, 4) is 6.07 Å². The van der Waals surface area contributed by atoms with Crippen LogP contribution in [0.25, 0.3) is 0 Å². The van der Waals surface area contributed by atoms with Gasteiger partial charge in [0.15, 0.2) is 0 Å². The normalized spacial score (nSPS) is 16.4. The van der Waals surface area contributed by atoms with Crippen molar-refractivity contribution in [2.24, 2.45) is 5.92 Å². The fraction of sp³-hybridized carbons (Fsp3) is 0.588. The quantitative estimate of drug-likeness (QED) is 0.906. The molecule has 1 heterocycles. The molecule has 3 nitrogen and oxygen atoms in total. The summed E-state index contributed by atoms with van der Waals surface area (Å²) in [6.45, 7) is 8.71. The zero-order valence-corrected chi connectivity index (χ0v) is 13.7. The number of nitrogens with zero attached hydrogens (tertiary/aromatic N) is 2. The SMILES string of the molecule is CC(C)N(Cc1ccc(C#N)cc1Cl)CC1CCNCC1. The van der Waals surface area contributed by atoms with Gasteiger partial charge in [-0.05, 0) is 63.4 Å². The minimum absolute atomic E-state index is 0.492. The maximum atomic E-state index is 8.91. The van der Waals surface area contributed by atoms with Crippen LogP contribution in [0.3, 0.4) is 0 Å². The van der Waals surface area contributed by atoms with Crippen molar-refractivity contribution in [1.82, 2.24) is 10.2 Å². The summed E-state index contributed by atoms with van der Waals surface area (Å²) in [5.41, 5.74) is 1.73. The second-order valence-corrected chi connectivity index (χ2v) is 6.54. The molecule has 2 rings (SSSR count). The lowest BCUT2D eigenvalue weighted by molar-refractivity contribution is 0.162. The molecular weight excluding hydrogens is 282 g/mol. The van der Waals surface area contributed by atoms with Crippen LogP contribution >= 0.6 is 11.6 Å². The van der Waals surface area contributed by atoms with Gasteiger partial charge in [-0.1, -0.05) is 17.7 Å². The highest BCUT2D eigenvalue weighted by molar-refractivity contribution is 6.31. The van der Waals surface area contributed by atoms with E-state index in [0.29, 0.717) is 16.6 Å². The number of halogens is 1. The van der Waals surface area contributed by atoms with Crippen LogP contribution in [0.15, 0.2) is 18.2 Å². The predicted octanol–water partition coefficient (Wildman–Crippen LogP) is 3.42. The van der Waals surface area contributed by atoms with Crippen LogP contribution in [-0.4, -0.2) is 30.6 Å². The third kappa shape index (κ3) is 4.71. The smallest absolute Gasteiger partial charge is 0.0992 e. The molecule has 0 unspecified atom stereocenters. The second-order valence-electron chi connectivity index (χ2n) is 6.13. The summed E-state index contributed by atoms with van der Waals surface area (Å²) in [6.07, 6.45) is 2.51. The molecule has 0 aromatic heterocycles. The highest BCUT2D eigenvalue weighted by Gasteiger charge is 2.19. The molecule has 1 aliphatic rings. The first-order chi connectivity index (χ1) is 10.1. The van der Waals surface area contributed by atoms with Crippen molar-refractivity contribution < 1.29 is 0 Å². The second kappa shape index (κ2) is 7.79. The van der Waals surface area contributed by atoms with Gasteiger partial charge in [0.05, 0.1) is 11.6 Å². The van der Waals surface area contributed by atoms with Crippen LogP contribution < -0.4 is 5.32 Å². The van der Waals surface area contributed by atoms with Crippen molar-refractivity contribution in [2.75, 3.05) is 19.6 Å². The van der Waals surface area contributed by atoms with E-state index in [1.807, 2.05) is 12.1 Å². The van der Waals surface area contributed by atoms with Crippen LogP contribution in [0.5, 0.6) is 0 Å². The maximum absolute atomic E-state index is 8.91. The monoisotopic (exact) mass is 305 g/mol. The van der Waals surface area contributed by atoms with Crippen molar-refractivity contribution >= 4 is 11.6 Å². The van der Waals surface area contributed by atoms with E-state index in [4.69, 9.17) is 16.9 Å². The minimum atomic E-state index is 0.492. The summed E-state index contributed by atoms with van der Waals surface area (Å²) in [6, 6.07) is 8.22. The van der Waals surface area contributed by atoms with Gasteiger partial charge in [-0.2, -0.15) is 5.26 Å². The molecule has 1 N–H and O–H groups in total. The fourth-order valence-corrected chi connectivity index (χ4v) is 3.06. The Morgan fingerprint density at radius 1 is 1.38 bits per heavy atom. The van der Waals surface area contributed by atoms with E-state index < -0.39 is 0 Å². The summed E-state index contributed by atoms with van der Waals surface area (Å²) in [5.74, 6) is 0.769. The summed E-state index contributed by atoms with van der Waals surface area (Å²) < 4.78 is 0. The maximum Gasteiger partial charge on any atom is 0.0992 e. The molecule has 1 aromatic carbocycles. The Bertz CT molecular complexity index is 501. The lowest BCUT2D eigenvalue weighted by Gasteiger charge is -2.33. The van der Waals surface area contributed by atoms with E-state index in [2.05, 4.69) is 30.1 Å². The Morgan fingerprint density at radius 3 is 2.67 bits per heavy atom. The Hall–Kier alpha value is -1.08. The number of hydrogen-bond acceptors (Lipinski definition) is 3. The van der Waals surface area contributed by atoms with E-state index in [0.717, 1.165) is 37.7 Å². The Labute approximate surface area is 132 Å². The van der Waals surface area contributed by atoms with Gasteiger partial charge in [0.1, 0.15) is 0 Å². The molecule has 114 valence electrons. The van der Waals surface area contributed by atoms with E-state index in [1.165, 1.54) is 12.8 Å². The first kappa shape index (κ1) is 16.3. The Balaban J connectivity index is 2.03. The molecule has 0 aliphatic carbocycles. The van der Waals surface area contributed by atoms with Gasteiger partial charge in [-0.3, -0.25) is 4.90 Å². The molecule has 0 saturated carbocycles. The van der Waals surface area contributed by atoms with Crippen LogP contribution in [0.1, 0.15) is 37.8 Å². The van der Waals surface area contributed by atoms with Gasteiger partial charge < -0.3 is 5.32 Å². The molecule has 21 heavy (non-hydrogen) atoms. The first-order valence-corrected chi connectivity index (χ1v) is 8.11. The standard InChI is InChI=1S/C17H24ClN3/c1-13(2)21(11-14-5-7-20-8-6-14)12-16-4-3-15(10-19)9-17(16)18/h3-4,9,13-14,20H,5-8,11-12H2,1-2H3. The molecule has 1 aromatic rings. The molecule has 1 fully saturated rings. The average Bonchev–Trinajstić information content (AvgIpc) is 2.49. The number of nitriles is 1. The molecule has 0 atom stereocenters. The summed E-state index contributed by atoms with van der Waals surface area (Å²) >= 11 is 6.31. The van der Waals surface area contributed by atoms with Crippen molar-refractivity contribution in [3.05, 3.63) is 34.3 Å². The largest absolute Gasteiger partial charge is 0.317 e. The van der Waals surface area contributed by atoms with Gasteiger partial charge in [0.2, 0.25) is 0 Å². The topological polar surface area (TPSA) is 39.1 Å². The lowest BCUT2D eigenvalue weighted by atomic mass is 9.96. The van der Waals surface area contributed by atoms with Crippen molar-refractivity contribution in [1.29, 1.82) is 5.26 Å². The minimum Gasteiger partial charge on any atom is -0.317 e. The Morgan fingerprint density at radius 2 is 2.10 bits per heavy atom. The first-order valence-electron chi connectivity index (χ1n) is 7.73. The van der Waals surface area contributed by atoms with Gasteiger partial charge in [0, 0.05) is 24.2 Å². The summed E-state index contributed by atoms with van der Waals surface area (Å²) in [7, 11) is 0. The van der Waals surface area contributed by atoms with Crippen molar-refractivity contribution in [2.45, 2.75) is 39.3 Å². The van der Waals surface area contributed by atoms with E-state index in [-0.39, 0.29) is 0 Å². The molecule has 0 radical (unpaired) electrons. The number of rotatable bonds is 5. The number of nitrogens with one attached hydrogen (secondary N) is 1. The zero-order chi connectivity index (χ0) is 15.2. The van der Waals surface area contributed by atoms with Crippen molar-refractivity contribution in [3.63, 3.8) is 0 Å². The molecule has 0 bridgehead atoms. The van der Waals surface area contributed by atoms with Crippen LogP contribution in [-0.2, 0) is 6.54 Å². The van der Waals surface area contributed by atoms with Gasteiger partial charge in [-0.25, -0.2) is 0 Å². The number of benzene rings is 1. The molecule has 0 amide bonds.